The van der Waals surface area contributed by atoms with Gasteiger partial charge < -0.3 is 4.42 Å². The number of Topliss-reactive ketones (excluding diaryl/α,β-unsaturated/α-hetero) is 1. The van der Waals surface area contributed by atoms with Gasteiger partial charge in [0.15, 0.2) is 5.76 Å². The van der Waals surface area contributed by atoms with Crippen molar-refractivity contribution < 1.29 is 9.21 Å². The first-order valence-electron chi connectivity index (χ1n) is 6.75. The van der Waals surface area contributed by atoms with Crippen molar-refractivity contribution in [3.63, 3.8) is 0 Å². The van der Waals surface area contributed by atoms with E-state index in [-0.39, 0.29) is 12.3 Å². The lowest BCUT2D eigenvalue weighted by Gasteiger charge is -2.10. The molecule has 1 aromatic heterocycles. The largest absolute Gasteiger partial charge is 0.453 e. The molecule has 21 heavy (non-hydrogen) atoms. The van der Waals surface area contributed by atoms with Crippen molar-refractivity contribution in [3.8, 4) is 12.3 Å². The van der Waals surface area contributed by atoms with Gasteiger partial charge in [0, 0.05) is 5.39 Å². The Balaban J connectivity index is 1.99. The van der Waals surface area contributed by atoms with Gasteiger partial charge in [-0.3, -0.25) is 9.69 Å². The quantitative estimate of drug-likeness (QED) is 0.542. The molecule has 3 nitrogen and oxygen atoms in total. The lowest BCUT2D eigenvalue weighted by Crippen LogP contribution is -2.26. The molecule has 0 aliphatic heterocycles. The number of ketones is 1. The zero-order valence-electron chi connectivity index (χ0n) is 11.8. The standard InChI is InChI=1S/C18H15NO2/c1-3-10-19(2)12-16(20)18-11-15-14-7-5-4-6-13(14)8-9-17(15)21-18/h1,4-9,11H,10,12H2,2H3. The Kier molecular flexibility index (Phi) is 3.47. The Morgan fingerprint density at radius 2 is 2.05 bits per heavy atom. The molecule has 0 aliphatic carbocycles. The van der Waals surface area contributed by atoms with Crippen molar-refractivity contribution in [1.82, 2.24) is 4.90 Å². The van der Waals surface area contributed by atoms with Gasteiger partial charge in [-0.05, 0) is 30.0 Å². The van der Waals surface area contributed by atoms with Gasteiger partial charge in [-0.2, -0.15) is 0 Å². The minimum absolute atomic E-state index is 0.0620. The molecule has 0 amide bonds. The molecule has 3 aromatic rings. The molecule has 0 radical (unpaired) electrons. The second kappa shape index (κ2) is 5.43. The third kappa shape index (κ3) is 2.54. The molecule has 0 spiro atoms. The van der Waals surface area contributed by atoms with E-state index in [1.54, 1.807) is 4.90 Å². The SMILES string of the molecule is C#CCN(C)CC(=O)c1cc2c(ccc3ccccc32)o1. The van der Waals surface area contributed by atoms with Crippen molar-refractivity contribution in [2.24, 2.45) is 0 Å². The molecular formula is C18H15NO2. The van der Waals surface area contributed by atoms with Crippen LogP contribution in [0.5, 0.6) is 0 Å². The monoisotopic (exact) mass is 277 g/mol. The number of benzene rings is 2. The number of hydrogen-bond donors (Lipinski definition) is 0. The van der Waals surface area contributed by atoms with Crippen molar-refractivity contribution >= 4 is 27.5 Å². The number of rotatable bonds is 4. The van der Waals surface area contributed by atoms with Gasteiger partial charge in [0.1, 0.15) is 5.58 Å². The van der Waals surface area contributed by atoms with Crippen LogP contribution in [0.4, 0.5) is 0 Å². The van der Waals surface area contributed by atoms with E-state index in [1.165, 1.54) is 0 Å². The van der Waals surface area contributed by atoms with Crippen LogP contribution in [0.3, 0.4) is 0 Å². The topological polar surface area (TPSA) is 33.5 Å². The van der Waals surface area contributed by atoms with E-state index in [2.05, 4.69) is 5.92 Å². The molecule has 1 heterocycles. The molecule has 0 saturated carbocycles. The molecule has 3 rings (SSSR count). The Bertz CT molecular complexity index is 854. The van der Waals surface area contributed by atoms with Crippen LogP contribution in [0.15, 0.2) is 46.9 Å². The average molecular weight is 277 g/mol. The van der Waals surface area contributed by atoms with Crippen LogP contribution >= 0.6 is 0 Å². The van der Waals surface area contributed by atoms with Crippen molar-refractivity contribution in [3.05, 3.63) is 48.2 Å². The highest BCUT2D eigenvalue weighted by Gasteiger charge is 2.15. The van der Waals surface area contributed by atoms with Gasteiger partial charge >= 0.3 is 0 Å². The van der Waals surface area contributed by atoms with Crippen molar-refractivity contribution in [2.75, 3.05) is 20.1 Å². The summed E-state index contributed by atoms with van der Waals surface area (Å²) < 4.78 is 5.69. The van der Waals surface area contributed by atoms with Crippen LogP contribution < -0.4 is 0 Å². The summed E-state index contributed by atoms with van der Waals surface area (Å²) in [5, 5.41) is 3.19. The molecule has 0 fully saturated rings. The fourth-order valence-electron chi connectivity index (χ4n) is 2.46. The van der Waals surface area contributed by atoms with E-state index in [1.807, 2.05) is 49.5 Å². The number of terminal acetylenes is 1. The lowest BCUT2D eigenvalue weighted by atomic mass is 10.1. The fraction of sp³-hybridized carbons (Fsp3) is 0.167. The molecule has 0 unspecified atom stereocenters. The van der Waals surface area contributed by atoms with Gasteiger partial charge in [0.2, 0.25) is 5.78 Å². The Morgan fingerprint density at radius 1 is 1.24 bits per heavy atom. The summed E-state index contributed by atoms with van der Waals surface area (Å²) in [5.74, 6) is 2.84. The van der Waals surface area contributed by atoms with Gasteiger partial charge in [0.25, 0.3) is 0 Å². The van der Waals surface area contributed by atoms with E-state index < -0.39 is 0 Å². The third-order valence-corrected chi connectivity index (χ3v) is 3.48. The number of carbonyl (C=O) groups is 1. The number of carbonyl (C=O) groups excluding carboxylic acids is 1. The second-order valence-electron chi connectivity index (χ2n) is 5.11. The predicted octanol–water partition coefficient (Wildman–Crippen LogP) is 3.33. The molecule has 0 bridgehead atoms. The zero-order chi connectivity index (χ0) is 14.8. The summed E-state index contributed by atoms with van der Waals surface area (Å²) in [4.78, 5) is 14.0. The second-order valence-corrected chi connectivity index (χ2v) is 5.11. The number of fused-ring (bicyclic) bond motifs is 3. The predicted molar refractivity (Wildman–Crippen MR) is 84.4 cm³/mol. The fourth-order valence-corrected chi connectivity index (χ4v) is 2.46. The minimum atomic E-state index is -0.0620. The first-order chi connectivity index (χ1) is 10.2. The maximum absolute atomic E-state index is 12.2. The van der Waals surface area contributed by atoms with Gasteiger partial charge in [-0.1, -0.05) is 36.3 Å². The smallest absolute Gasteiger partial charge is 0.211 e. The molecule has 0 saturated heterocycles. The summed E-state index contributed by atoms with van der Waals surface area (Å²) in [6, 6.07) is 13.8. The molecule has 2 aromatic carbocycles. The van der Waals surface area contributed by atoms with Crippen LogP contribution in [0.25, 0.3) is 21.7 Å². The van der Waals surface area contributed by atoms with Crippen LogP contribution in [0.2, 0.25) is 0 Å². The molecule has 3 heteroatoms. The van der Waals surface area contributed by atoms with Crippen molar-refractivity contribution in [2.45, 2.75) is 0 Å². The number of furan rings is 1. The highest BCUT2D eigenvalue weighted by Crippen LogP contribution is 2.28. The summed E-state index contributed by atoms with van der Waals surface area (Å²) in [6.07, 6.45) is 5.24. The normalized spacial score (nSPS) is 11.1. The summed E-state index contributed by atoms with van der Waals surface area (Å²) in [6.45, 7) is 0.691. The van der Waals surface area contributed by atoms with Crippen LogP contribution in [0.1, 0.15) is 10.6 Å². The summed E-state index contributed by atoms with van der Waals surface area (Å²) in [7, 11) is 1.82. The molecule has 0 aliphatic rings. The Hall–Kier alpha value is -2.57. The lowest BCUT2D eigenvalue weighted by molar-refractivity contribution is 0.0927. The highest BCUT2D eigenvalue weighted by molar-refractivity contribution is 6.09. The number of nitrogens with zero attached hydrogens (tertiary/aromatic N) is 1. The van der Waals surface area contributed by atoms with Crippen LogP contribution in [-0.2, 0) is 0 Å². The first kappa shape index (κ1) is 13.4. The average Bonchev–Trinajstić information content (AvgIpc) is 2.92. The van der Waals surface area contributed by atoms with E-state index in [9.17, 15) is 4.79 Å². The first-order valence-corrected chi connectivity index (χ1v) is 6.75. The zero-order valence-corrected chi connectivity index (χ0v) is 11.8. The number of likely N-dealkylation sites (N-methyl/N-ethyl adjacent to an activating group) is 1. The van der Waals surface area contributed by atoms with Crippen LogP contribution in [0, 0.1) is 12.3 Å². The molecule has 104 valence electrons. The van der Waals surface area contributed by atoms with Gasteiger partial charge in [-0.15, -0.1) is 6.42 Å². The van der Waals surface area contributed by atoms with Crippen molar-refractivity contribution in [1.29, 1.82) is 0 Å². The molecule has 0 N–H and O–H groups in total. The highest BCUT2D eigenvalue weighted by atomic mass is 16.3. The van der Waals surface area contributed by atoms with E-state index >= 15 is 0 Å². The minimum Gasteiger partial charge on any atom is -0.453 e. The van der Waals surface area contributed by atoms with E-state index in [4.69, 9.17) is 10.8 Å². The van der Waals surface area contributed by atoms with Gasteiger partial charge in [0.05, 0.1) is 13.1 Å². The summed E-state index contributed by atoms with van der Waals surface area (Å²) >= 11 is 0. The Morgan fingerprint density at radius 3 is 2.86 bits per heavy atom. The third-order valence-electron chi connectivity index (χ3n) is 3.48. The number of hydrogen-bond acceptors (Lipinski definition) is 3. The molecular weight excluding hydrogens is 262 g/mol. The van der Waals surface area contributed by atoms with Gasteiger partial charge in [-0.25, -0.2) is 0 Å². The molecule has 0 atom stereocenters. The summed E-state index contributed by atoms with van der Waals surface area (Å²) in [5.41, 5.74) is 0.733. The Labute approximate surface area is 123 Å². The van der Waals surface area contributed by atoms with E-state index in [0.29, 0.717) is 12.3 Å². The maximum Gasteiger partial charge on any atom is 0.211 e. The maximum atomic E-state index is 12.2. The van der Waals surface area contributed by atoms with E-state index in [0.717, 1.165) is 21.7 Å². The van der Waals surface area contributed by atoms with Crippen LogP contribution in [-0.4, -0.2) is 30.8 Å².